The van der Waals surface area contributed by atoms with Gasteiger partial charge in [0.15, 0.2) is 5.82 Å². The molecule has 15 aromatic carbocycles. The fourth-order valence-corrected chi connectivity index (χ4v) is 21.5. The minimum Gasteiger partial charge on any atom is -0.499 e. The van der Waals surface area contributed by atoms with Crippen molar-refractivity contribution in [1.82, 2.24) is 19.4 Å². The smallest absolute Gasteiger partial charge is 0.155 e. The molecule has 4 radical (unpaired) electrons. The number of aryl methyl sites for hydroxylation is 6. The maximum atomic E-state index is 4.78. The van der Waals surface area contributed by atoms with Gasteiger partial charge in [0.2, 0.25) is 0 Å². The van der Waals surface area contributed by atoms with E-state index in [4.69, 9.17) is 4.98 Å². The molecule has 0 spiro atoms. The van der Waals surface area contributed by atoms with Gasteiger partial charge in [-0.25, -0.2) is 4.98 Å². The number of aromatic nitrogens is 2. The SMILES string of the molecule is CC(C)(C)c1c[c-]c2c(c1)-c1cc(C(C)(C)C)ccc1C1=C(c3ccccc3)N(c3ccccc3)[CH-]N12.CC(C)c1cccc(C(C)C)c1-c1ccc2c(c1)-c1ccc[c-]c1N1[CH-]N(C(C)C)C(c3nccn3C)=C21.Cc1c[c-]c2c(c1)-c1cc(C)c(C)cc1C1=C(c3ccccc3)N(c3ccccc3)[CH-]N12.Cc1cccc(C)c1-c1c[c-]c2c(c1)-c1ccccc1C1=C(c3ccccc3)N(C(C)C)[CH-]N12.[Ir].[Ir].[Ir].[Ir]. The van der Waals surface area contributed by atoms with Crippen LogP contribution in [-0.4, -0.2) is 31.4 Å². The summed E-state index contributed by atoms with van der Waals surface area (Å²) < 4.78 is 2.11. The number of imidazole rings is 1. The topological polar surface area (TPSA) is 43.7 Å². The molecule has 9 heterocycles. The van der Waals surface area contributed by atoms with E-state index < -0.39 is 0 Å². The van der Waals surface area contributed by atoms with Gasteiger partial charge in [-0.05, 0) is 187 Å². The average Bonchev–Trinajstić information content (AvgIpc) is 1.59. The van der Waals surface area contributed by atoms with E-state index in [9.17, 15) is 0 Å². The Morgan fingerprint density at radius 2 is 0.683 bits per heavy atom. The molecule has 0 amide bonds. The van der Waals surface area contributed by atoms with Gasteiger partial charge in [0.1, 0.15) is 0 Å². The van der Waals surface area contributed by atoms with E-state index in [0.29, 0.717) is 17.9 Å². The van der Waals surface area contributed by atoms with Crippen LogP contribution in [0.15, 0.2) is 328 Å². The second-order valence-electron chi connectivity index (χ2n) is 41.7. The summed E-state index contributed by atoms with van der Waals surface area (Å²) in [6, 6.07) is 129. The van der Waals surface area contributed by atoms with Crippen LogP contribution in [0.2, 0.25) is 0 Å². The average molecular weight is 2610 g/mol. The third kappa shape index (κ3) is 19.0. The summed E-state index contributed by atoms with van der Waals surface area (Å²) in [4.78, 5) is 23.5. The predicted molar refractivity (Wildman–Crippen MR) is 592 cm³/mol. The summed E-state index contributed by atoms with van der Waals surface area (Å²) >= 11 is 0. The van der Waals surface area contributed by atoms with Crippen LogP contribution in [0.25, 0.3) is 112 Å². The summed E-state index contributed by atoms with van der Waals surface area (Å²) in [6.45, 7) is 51.7. The summed E-state index contributed by atoms with van der Waals surface area (Å²) in [5, 5.41) is 0. The van der Waals surface area contributed by atoms with Crippen molar-refractivity contribution < 1.29 is 80.4 Å². The fraction of sp³-hybridized carbons (Fsp3) is 0.198. The van der Waals surface area contributed by atoms with Crippen molar-refractivity contribution in [3.63, 3.8) is 0 Å². The molecule has 0 unspecified atom stereocenters. The third-order valence-electron chi connectivity index (χ3n) is 28.8. The molecule has 16 aromatic rings. The Bertz CT molecular complexity index is 7640. The van der Waals surface area contributed by atoms with Crippen LogP contribution < -0.4 is 29.4 Å². The number of hydrogen-bond donors (Lipinski definition) is 0. The van der Waals surface area contributed by atoms with Crippen molar-refractivity contribution in [1.29, 1.82) is 0 Å². The van der Waals surface area contributed by atoms with Gasteiger partial charge in [0, 0.05) is 151 Å². The summed E-state index contributed by atoms with van der Waals surface area (Å²) in [6.07, 6.45) is 3.90. The Morgan fingerprint density at radius 3 is 1.21 bits per heavy atom. The zero-order chi connectivity index (χ0) is 97.9. The van der Waals surface area contributed by atoms with Crippen molar-refractivity contribution in [2.24, 2.45) is 7.05 Å². The molecule has 1 aromatic heterocycles. The number of anilines is 6. The van der Waals surface area contributed by atoms with Gasteiger partial charge in [-0.2, -0.15) is 97.8 Å². The van der Waals surface area contributed by atoms with Crippen LogP contribution >= 0.6 is 0 Å². The molecule has 0 atom stereocenters. The van der Waals surface area contributed by atoms with Crippen LogP contribution in [0.4, 0.5) is 34.1 Å². The van der Waals surface area contributed by atoms with Gasteiger partial charge in [-0.3, -0.25) is 0 Å². The molecular formula is C131H122Ir4N10-8. The molecule has 14 heteroatoms. The molecule has 8 aliphatic rings. The molecule has 24 rings (SSSR count). The van der Waals surface area contributed by atoms with Gasteiger partial charge in [-0.15, -0.1) is 46.7 Å². The van der Waals surface area contributed by atoms with Crippen molar-refractivity contribution in [3.8, 4) is 66.8 Å². The van der Waals surface area contributed by atoms with E-state index in [0.717, 1.165) is 45.6 Å². The van der Waals surface area contributed by atoms with Crippen molar-refractivity contribution in [3.05, 3.63) is 474 Å². The van der Waals surface area contributed by atoms with Crippen LogP contribution in [0.3, 0.4) is 0 Å². The van der Waals surface area contributed by atoms with Gasteiger partial charge in [0.25, 0.3) is 0 Å². The first-order valence-electron chi connectivity index (χ1n) is 49.9. The molecule has 0 saturated heterocycles. The van der Waals surface area contributed by atoms with E-state index in [1.54, 1.807) is 0 Å². The summed E-state index contributed by atoms with van der Waals surface area (Å²) in [7, 11) is 2.07. The maximum Gasteiger partial charge on any atom is 0.155 e. The van der Waals surface area contributed by atoms with Gasteiger partial charge >= 0.3 is 0 Å². The molecule has 740 valence electrons. The molecule has 8 aliphatic heterocycles. The number of nitrogens with zero attached hydrogens (tertiary/aromatic N) is 10. The van der Waals surface area contributed by atoms with Crippen LogP contribution in [-0.2, 0) is 98.3 Å². The van der Waals surface area contributed by atoms with Gasteiger partial charge in [0.05, 0.1) is 5.70 Å². The molecule has 10 nitrogen and oxygen atoms in total. The molecular weight excluding hydrogens is 2480 g/mol. The Labute approximate surface area is 914 Å². The monoisotopic (exact) mass is 2610 g/mol. The second kappa shape index (κ2) is 42.1. The van der Waals surface area contributed by atoms with Crippen LogP contribution in [0, 0.1) is 85.6 Å². The Kier molecular flexibility index (Phi) is 30.2. The van der Waals surface area contributed by atoms with E-state index in [1.807, 2.05) is 18.5 Å². The predicted octanol–water partition coefficient (Wildman–Crippen LogP) is 32.6. The molecule has 0 bridgehead atoms. The first-order chi connectivity index (χ1) is 68.1. The standard InChI is InChI=1S/C35H34N2.C34H36N4.C32H28N2.C30H24N2.4Ir/c1-34(2,3)25-17-19-28-29(21-25)30-22-26(35(4,5)6)18-20-31(30)37-23-36(27-15-11-8-12-16-27)32(33(28)37)24-13-9-7-10-14-24;1-21(2)25-12-10-13-26(22(3)4)31(25)24-15-16-28-29(19-24)27-11-8-9-14-30(27)38-20-37(23(5)6)33(32(28)38)34-35-17-18-36(34)7;1-21(2)33-20-34-29-18-17-25(30-22(3)11-10-12-23(30)4)19-28(29)26-15-8-9-16-27(26)32(34)31(33)24-13-6-5-7-14-24;1-20-14-15-28-26(16-20)25-17-21(2)22(3)18-27(25)30-29(23-10-6-4-7-11-23)31(19-32(28)30)24-12-8-5-9-13-24;;;;/h7-19,21-23H,1-6H3;8-13,15-23H,1-7H3;5-17,19-21H,1-4H3;4-14,16-19H,1-3H3;;;;/q4*-2;;;;. The van der Waals surface area contributed by atoms with E-state index in [2.05, 4.69) is 543 Å². The number of para-hydroxylation sites is 3. The van der Waals surface area contributed by atoms with Crippen molar-refractivity contribution in [2.75, 3.05) is 29.4 Å². The zero-order valence-corrected chi connectivity index (χ0v) is 95.7. The first kappa shape index (κ1) is 104. The molecule has 145 heavy (non-hydrogen) atoms. The van der Waals surface area contributed by atoms with Crippen LogP contribution in [0.5, 0.6) is 0 Å². The summed E-state index contributed by atoms with van der Waals surface area (Å²) in [5.74, 6) is 1.85. The number of benzene rings is 15. The fourth-order valence-electron chi connectivity index (χ4n) is 21.5. The molecule has 0 fully saturated rings. The third-order valence-corrected chi connectivity index (χ3v) is 28.8. The second-order valence-corrected chi connectivity index (χ2v) is 41.7. The number of rotatable bonds is 12. The quantitative estimate of drug-likeness (QED) is 0.111. The first-order valence-corrected chi connectivity index (χ1v) is 49.9. The molecule has 0 N–H and O–H groups in total. The largest absolute Gasteiger partial charge is 0.499 e. The minimum atomic E-state index is 0. The zero-order valence-electron chi connectivity index (χ0n) is 86.1. The van der Waals surface area contributed by atoms with Crippen molar-refractivity contribution >= 4 is 79.7 Å². The van der Waals surface area contributed by atoms with Gasteiger partial charge < -0.3 is 43.8 Å². The molecule has 0 saturated carbocycles. The van der Waals surface area contributed by atoms with E-state index in [-0.39, 0.29) is 97.3 Å². The number of fused-ring (bicyclic) bond motifs is 24. The van der Waals surface area contributed by atoms with E-state index >= 15 is 0 Å². The normalized spacial score (nSPS) is 14.2. The maximum absolute atomic E-state index is 4.78. The Hall–Kier alpha value is -12.5. The van der Waals surface area contributed by atoms with Crippen LogP contribution in [0.1, 0.15) is 204 Å². The molecule has 0 aliphatic carbocycles. The Morgan fingerprint density at radius 1 is 0.283 bits per heavy atom. The summed E-state index contributed by atoms with van der Waals surface area (Å²) in [5.41, 5.74) is 52.1. The van der Waals surface area contributed by atoms with Crippen molar-refractivity contribution in [2.45, 2.75) is 166 Å². The van der Waals surface area contributed by atoms with E-state index in [1.165, 1.54) is 196 Å². The number of hydrogen-bond acceptors (Lipinski definition) is 9. The minimum absolute atomic E-state index is 0. The Balaban J connectivity index is 0.000000131. The van der Waals surface area contributed by atoms with Gasteiger partial charge in [-0.1, -0.05) is 380 Å².